The van der Waals surface area contributed by atoms with Crippen molar-refractivity contribution in [2.24, 2.45) is 0 Å². The molecule has 3 aromatic carbocycles. The summed E-state index contributed by atoms with van der Waals surface area (Å²) in [5.74, 6) is 0.286. The van der Waals surface area contributed by atoms with E-state index < -0.39 is 0 Å². The third-order valence-corrected chi connectivity index (χ3v) is 5.46. The number of benzene rings is 3. The van der Waals surface area contributed by atoms with E-state index in [4.69, 9.17) is 28.9 Å². The molecule has 7 heteroatoms. The minimum atomic E-state index is -0.180. The Morgan fingerprint density at radius 2 is 1.70 bits per heavy atom. The molecular formula is C23H18Cl2N4O. The zero-order chi connectivity index (χ0) is 21.3. The van der Waals surface area contributed by atoms with Gasteiger partial charge in [-0.15, -0.1) is 0 Å². The number of hydrogen-bond donors (Lipinski definition) is 2. The maximum Gasteiger partial charge on any atom is 0.255 e. The molecule has 1 aromatic heterocycles. The Balaban J connectivity index is 1.57. The van der Waals surface area contributed by atoms with Gasteiger partial charge in [-0.25, -0.2) is 4.68 Å². The van der Waals surface area contributed by atoms with Gasteiger partial charge in [0.1, 0.15) is 5.82 Å². The highest BCUT2D eigenvalue weighted by Gasteiger charge is 2.12. The number of rotatable bonds is 4. The predicted molar refractivity (Wildman–Crippen MR) is 123 cm³/mol. The van der Waals surface area contributed by atoms with Crippen LogP contribution in [0.5, 0.6) is 0 Å². The quantitative estimate of drug-likeness (QED) is 0.412. The summed E-state index contributed by atoms with van der Waals surface area (Å²) in [5, 5.41) is 8.42. The van der Waals surface area contributed by atoms with Gasteiger partial charge in [0.25, 0.3) is 5.91 Å². The topological polar surface area (TPSA) is 72.9 Å². The van der Waals surface area contributed by atoms with Crippen LogP contribution in [0.4, 0.5) is 11.5 Å². The lowest BCUT2D eigenvalue weighted by Crippen LogP contribution is -2.13. The molecule has 0 radical (unpaired) electrons. The smallest absolute Gasteiger partial charge is 0.255 e. The first-order chi connectivity index (χ1) is 14.4. The fourth-order valence-electron chi connectivity index (χ4n) is 3.06. The molecule has 0 saturated carbocycles. The number of para-hydroxylation sites is 1. The van der Waals surface area contributed by atoms with Crippen molar-refractivity contribution in [3.8, 4) is 16.9 Å². The number of halogens is 2. The predicted octanol–water partition coefficient (Wildman–Crippen LogP) is 5.99. The van der Waals surface area contributed by atoms with Crippen molar-refractivity contribution in [3.05, 3.63) is 94.0 Å². The zero-order valence-corrected chi connectivity index (χ0v) is 17.6. The zero-order valence-electron chi connectivity index (χ0n) is 16.1. The summed E-state index contributed by atoms with van der Waals surface area (Å²) in [7, 11) is 0. The third-order valence-electron chi connectivity index (χ3n) is 4.72. The molecule has 0 atom stereocenters. The van der Waals surface area contributed by atoms with Crippen molar-refractivity contribution in [3.63, 3.8) is 0 Å². The van der Waals surface area contributed by atoms with E-state index in [9.17, 15) is 4.79 Å². The van der Waals surface area contributed by atoms with Gasteiger partial charge in [0.2, 0.25) is 0 Å². The summed E-state index contributed by atoms with van der Waals surface area (Å²) < 4.78 is 1.61. The van der Waals surface area contributed by atoms with Gasteiger partial charge in [0.05, 0.1) is 21.4 Å². The Morgan fingerprint density at radius 1 is 0.967 bits per heavy atom. The number of carbonyl (C=O) groups excluding carboxylic acids is 1. The van der Waals surface area contributed by atoms with Crippen LogP contribution in [-0.2, 0) is 0 Å². The van der Waals surface area contributed by atoms with Crippen molar-refractivity contribution in [2.45, 2.75) is 6.92 Å². The first kappa shape index (κ1) is 20.0. The lowest BCUT2D eigenvalue weighted by Gasteiger charge is -2.09. The molecule has 0 unspecified atom stereocenters. The molecule has 0 bridgehead atoms. The van der Waals surface area contributed by atoms with Crippen LogP contribution in [0.1, 0.15) is 15.9 Å². The molecule has 0 fully saturated rings. The minimum absolute atomic E-state index is 0.180. The fourth-order valence-corrected chi connectivity index (χ4v) is 3.36. The van der Waals surface area contributed by atoms with Gasteiger partial charge in [0.15, 0.2) is 0 Å². The summed E-state index contributed by atoms with van der Waals surface area (Å²) in [6.45, 7) is 1.95. The molecule has 0 aliphatic carbocycles. The van der Waals surface area contributed by atoms with Gasteiger partial charge in [-0.3, -0.25) is 4.79 Å². The molecule has 4 rings (SSSR count). The normalized spacial score (nSPS) is 10.8. The van der Waals surface area contributed by atoms with E-state index in [1.807, 2.05) is 37.3 Å². The summed E-state index contributed by atoms with van der Waals surface area (Å²) >= 11 is 12.1. The van der Waals surface area contributed by atoms with Gasteiger partial charge in [0, 0.05) is 22.9 Å². The third kappa shape index (κ3) is 4.03. The van der Waals surface area contributed by atoms with Gasteiger partial charge < -0.3 is 11.1 Å². The SMILES string of the molecule is Cc1ccccc1NC(=O)c1ccc(-n2nc(-c3ccc(Cl)c(Cl)c3)cc2N)cc1. The molecule has 5 nitrogen and oxygen atoms in total. The molecule has 1 heterocycles. The second-order valence-electron chi connectivity index (χ2n) is 6.81. The summed E-state index contributed by atoms with van der Waals surface area (Å²) in [6, 6.07) is 21.8. The molecule has 150 valence electrons. The highest BCUT2D eigenvalue weighted by Crippen LogP contribution is 2.29. The summed E-state index contributed by atoms with van der Waals surface area (Å²) in [5.41, 5.74) is 10.7. The van der Waals surface area contributed by atoms with E-state index in [0.29, 0.717) is 27.1 Å². The Morgan fingerprint density at radius 3 is 2.40 bits per heavy atom. The highest BCUT2D eigenvalue weighted by atomic mass is 35.5. The molecule has 4 aromatic rings. The molecule has 0 spiro atoms. The highest BCUT2D eigenvalue weighted by molar-refractivity contribution is 6.42. The van der Waals surface area contributed by atoms with E-state index in [1.165, 1.54) is 0 Å². The van der Waals surface area contributed by atoms with Crippen molar-refractivity contribution >= 4 is 40.6 Å². The molecule has 3 N–H and O–H groups in total. The molecular weight excluding hydrogens is 419 g/mol. The number of hydrogen-bond acceptors (Lipinski definition) is 3. The number of amides is 1. The van der Waals surface area contributed by atoms with Crippen molar-refractivity contribution in [1.29, 1.82) is 0 Å². The Kier molecular flexibility index (Phi) is 5.48. The van der Waals surface area contributed by atoms with Gasteiger partial charge >= 0.3 is 0 Å². The maximum atomic E-state index is 12.5. The van der Waals surface area contributed by atoms with Crippen molar-refractivity contribution < 1.29 is 4.79 Å². The molecule has 0 saturated heterocycles. The van der Waals surface area contributed by atoms with E-state index in [1.54, 1.807) is 47.1 Å². The number of nitrogens with two attached hydrogens (primary N) is 1. The van der Waals surface area contributed by atoms with Crippen LogP contribution >= 0.6 is 23.2 Å². The molecule has 0 aliphatic heterocycles. The number of aromatic nitrogens is 2. The average molecular weight is 437 g/mol. The first-order valence-corrected chi connectivity index (χ1v) is 9.96. The monoisotopic (exact) mass is 436 g/mol. The standard InChI is InChI=1S/C23H18Cl2N4O/c1-14-4-2-3-5-20(14)27-23(30)15-6-9-17(10-7-15)29-22(26)13-21(28-29)16-8-11-18(24)19(25)12-16/h2-13H,26H2,1H3,(H,27,30). The Hall–Kier alpha value is -3.28. The lowest BCUT2D eigenvalue weighted by molar-refractivity contribution is 0.102. The molecule has 1 amide bonds. The Bertz CT molecular complexity index is 1230. The van der Waals surface area contributed by atoms with Crippen LogP contribution in [0, 0.1) is 6.92 Å². The van der Waals surface area contributed by atoms with Gasteiger partial charge in [-0.05, 0) is 55.0 Å². The van der Waals surface area contributed by atoms with Crippen molar-refractivity contribution in [2.75, 3.05) is 11.1 Å². The minimum Gasteiger partial charge on any atom is -0.384 e. The molecule has 30 heavy (non-hydrogen) atoms. The van der Waals surface area contributed by atoms with Crippen LogP contribution < -0.4 is 11.1 Å². The second kappa shape index (κ2) is 8.22. The average Bonchev–Trinajstić information content (AvgIpc) is 3.13. The number of aryl methyl sites for hydroxylation is 1. The largest absolute Gasteiger partial charge is 0.384 e. The number of nitrogen functional groups attached to an aromatic ring is 1. The van der Waals surface area contributed by atoms with E-state index in [2.05, 4.69) is 10.4 Å². The van der Waals surface area contributed by atoms with Crippen LogP contribution in [0.2, 0.25) is 10.0 Å². The summed E-state index contributed by atoms with van der Waals surface area (Å²) in [4.78, 5) is 12.5. The fraction of sp³-hybridized carbons (Fsp3) is 0.0435. The van der Waals surface area contributed by atoms with E-state index >= 15 is 0 Å². The van der Waals surface area contributed by atoms with Crippen LogP contribution in [0.25, 0.3) is 16.9 Å². The lowest BCUT2D eigenvalue weighted by atomic mass is 10.1. The van der Waals surface area contributed by atoms with Gasteiger partial charge in [-0.1, -0.05) is 47.5 Å². The number of nitrogens with one attached hydrogen (secondary N) is 1. The van der Waals surface area contributed by atoms with Crippen LogP contribution in [-0.4, -0.2) is 15.7 Å². The van der Waals surface area contributed by atoms with Crippen LogP contribution in [0.15, 0.2) is 72.8 Å². The van der Waals surface area contributed by atoms with E-state index in [0.717, 1.165) is 22.5 Å². The number of nitrogens with zero attached hydrogens (tertiary/aromatic N) is 2. The molecule has 0 aliphatic rings. The summed E-state index contributed by atoms with van der Waals surface area (Å²) in [6.07, 6.45) is 0. The maximum absolute atomic E-state index is 12.5. The number of anilines is 2. The van der Waals surface area contributed by atoms with Gasteiger partial charge in [-0.2, -0.15) is 5.10 Å². The Labute approximate surface area is 184 Å². The van der Waals surface area contributed by atoms with Crippen molar-refractivity contribution in [1.82, 2.24) is 9.78 Å². The second-order valence-corrected chi connectivity index (χ2v) is 7.63. The van der Waals surface area contributed by atoms with E-state index in [-0.39, 0.29) is 5.91 Å². The first-order valence-electron chi connectivity index (χ1n) is 9.21. The number of carbonyl (C=O) groups is 1. The van der Waals surface area contributed by atoms with Crippen LogP contribution in [0.3, 0.4) is 0 Å².